The van der Waals surface area contributed by atoms with Crippen LogP contribution < -0.4 is 0 Å². The van der Waals surface area contributed by atoms with E-state index in [4.69, 9.17) is 0 Å². The van der Waals surface area contributed by atoms with Crippen molar-refractivity contribution in [1.82, 2.24) is 20.1 Å². The van der Waals surface area contributed by atoms with Crippen molar-refractivity contribution >= 4 is 17.7 Å². The molecule has 0 unspecified atom stereocenters. The fourth-order valence-corrected chi connectivity index (χ4v) is 2.88. The summed E-state index contributed by atoms with van der Waals surface area (Å²) in [6.45, 7) is 10.5. The standard InChI is InChI=1S/C18H24N4OS/c1-13-14(2)20-21-17(19-13)24-12-16(23)22(18(3,4)5)11-15-9-7-6-8-10-15/h6-10H,11-12H2,1-5H3. The first kappa shape index (κ1) is 18.4. The molecule has 0 atom stereocenters. The normalized spacial score (nSPS) is 11.4. The minimum absolute atomic E-state index is 0.0678. The van der Waals surface area contributed by atoms with E-state index in [0.29, 0.717) is 17.5 Å². The molecule has 24 heavy (non-hydrogen) atoms. The van der Waals surface area contributed by atoms with Crippen LogP contribution in [0, 0.1) is 13.8 Å². The summed E-state index contributed by atoms with van der Waals surface area (Å²) in [5.41, 5.74) is 2.52. The minimum atomic E-state index is -0.254. The van der Waals surface area contributed by atoms with Gasteiger partial charge in [-0.3, -0.25) is 4.79 Å². The monoisotopic (exact) mass is 344 g/mol. The van der Waals surface area contributed by atoms with Crippen LogP contribution in [0.15, 0.2) is 35.5 Å². The van der Waals surface area contributed by atoms with Gasteiger partial charge in [0.25, 0.3) is 0 Å². The summed E-state index contributed by atoms with van der Waals surface area (Å²) >= 11 is 1.33. The van der Waals surface area contributed by atoms with Crippen molar-refractivity contribution in [2.24, 2.45) is 0 Å². The Bertz CT molecular complexity index is 698. The summed E-state index contributed by atoms with van der Waals surface area (Å²) in [4.78, 5) is 19.0. The van der Waals surface area contributed by atoms with Gasteiger partial charge in [-0.05, 0) is 40.2 Å². The fraction of sp³-hybridized carbons (Fsp3) is 0.444. The lowest BCUT2D eigenvalue weighted by molar-refractivity contribution is -0.133. The lowest BCUT2D eigenvalue weighted by atomic mass is 10.0. The van der Waals surface area contributed by atoms with Gasteiger partial charge >= 0.3 is 0 Å². The molecule has 1 aromatic heterocycles. The van der Waals surface area contributed by atoms with Crippen molar-refractivity contribution in [3.05, 3.63) is 47.3 Å². The molecule has 6 heteroatoms. The number of rotatable bonds is 5. The van der Waals surface area contributed by atoms with E-state index >= 15 is 0 Å². The highest BCUT2D eigenvalue weighted by molar-refractivity contribution is 7.99. The summed E-state index contributed by atoms with van der Waals surface area (Å²) in [5, 5.41) is 8.65. The molecule has 0 saturated carbocycles. The van der Waals surface area contributed by atoms with Gasteiger partial charge < -0.3 is 4.90 Å². The molecule has 0 fully saturated rings. The number of hydrogen-bond acceptors (Lipinski definition) is 5. The van der Waals surface area contributed by atoms with E-state index in [1.807, 2.05) is 69.9 Å². The van der Waals surface area contributed by atoms with Crippen LogP contribution in [0.3, 0.4) is 0 Å². The Labute approximate surface area is 147 Å². The Balaban J connectivity index is 2.06. The molecule has 0 bridgehead atoms. The van der Waals surface area contributed by atoms with Gasteiger partial charge in [-0.15, -0.1) is 5.10 Å². The third-order valence-electron chi connectivity index (χ3n) is 3.69. The van der Waals surface area contributed by atoms with Gasteiger partial charge in [0.15, 0.2) is 0 Å². The van der Waals surface area contributed by atoms with Crippen LogP contribution in [0.4, 0.5) is 0 Å². The summed E-state index contributed by atoms with van der Waals surface area (Å²) in [5.74, 6) is 0.368. The molecule has 5 nitrogen and oxygen atoms in total. The van der Waals surface area contributed by atoms with Gasteiger partial charge in [0, 0.05) is 12.1 Å². The summed E-state index contributed by atoms with van der Waals surface area (Å²) in [6, 6.07) is 10.0. The number of nitrogens with zero attached hydrogens (tertiary/aromatic N) is 4. The molecular weight excluding hydrogens is 320 g/mol. The van der Waals surface area contributed by atoms with Gasteiger partial charge in [-0.1, -0.05) is 42.1 Å². The zero-order chi connectivity index (χ0) is 17.7. The number of carbonyl (C=O) groups is 1. The van der Waals surface area contributed by atoms with Gasteiger partial charge in [-0.2, -0.15) is 5.10 Å². The SMILES string of the molecule is Cc1nnc(SCC(=O)N(Cc2ccccc2)C(C)(C)C)nc1C. The number of aryl methyl sites for hydroxylation is 2. The molecule has 0 aliphatic rings. The second-order valence-electron chi connectivity index (χ2n) is 6.69. The molecule has 1 aromatic carbocycles. The maximum atomic E-state index is 12.7. The molecule has 0 N–H and O–H groups in total. The number of thioether (sulfide) groups is 1. The van der Waals surface area contributed by atoms with E-state index in [1.165, 1.54) is 11.8 Å². The molecule has 0 radical (unpaired) electrons. The van der Waals surface area contributed by atoms with E-state index in [-0.39, 0.29) is 11.4 Å². The third-order valence-corrected chi connectivity index (χ3v) is 4.51. The quantitative estimate of drug-likeness (QED) is 0.778. The summed E-state index contributed by atoms with van der Waals surface area (Å²) < 4.78 is 0. The first-order chi connectivity index (χ1) is 11.3. The highest BCUT2D eigenvalue weighted by atomic mass is 32.2. The van der Waals surface area contributed by atoms with Crippen LogP contribution in [0.25, 0.3) is 0 Å². The molecule has 2 aromatic rings. The van der Waals surface area contributed by atoms with E-state index in [0.717, 1.165) is 17.0 Å². The molecule has 0 saturated heterocycles. The lowest BCUT2D eigenvalue weighted by Gasteiger charge is -2.36. The molecular formula is C18H24N4OS. The minimum Gasteiger partial charge on any atom is -0.333 e. The van der Waals surface area contributed by atoms with Crippen molar-refractivity contribution < 1.29 is 4.79 Å². The number of hydrogen-bond donors (Lipinski definition) is 0. The average Bonchev–Trinajstić information content (AvgIpc) is 2.53. The molecule has 0 spiro atoms. The third kappa shape index (κ3) is 5.03. The van der Waals surface area contributed by atoms with Crippen molar-refractivity contribution in [2.45, 2.75) is 51.9 Å². The molecule has 1 heterocycles. The van der Waals surface area contributed by atoms with Crippen molar-refractivity contribution in [1.29, 1.82) is 0 Å². The predicted octanol–water partition coefficient (Wildman–Crippen LogP) is 3.41. The zero-order valence-corrected chi connectivity index (χ0v) is 15.7. The van der Waals surface area contributed by atoms with E-state index < -0.39 is 0 Å². The average molecular weight is 344 g/mol. The maximum absolute atomic E-state index is 12.7. The number of carbonyl (C=O) groups excluding carboxylic acids is 1. The fourth-order valence-electron chi connectivity index (χ4n) is 2.17. The van der Waals surface area contributed by atoms with Gasteiger partial charge in [-0.25, -0.2) is 4.98 Å². The second kappa shape index (κ2) is 7.75. The van der Waals surface area contributed by atoms with E-state index in [9.17, 15) is 4.79 Å². The van der Waals surface area contributed by atoms with Crippen molar-refractivity contribution in [3.63, 3.8) is 0 Å². The second-order valence-corrected chi connectivity index (χ2v) is 7.63. The van der Waals surface area contributed by atoms with Gasteiger partial charge in [0.2, 0.25) is 11.1 Å². The first-order valence-electron chi connectivity index (χ1n) is 7.92. The number of amides is 1. The summed E-state index contributed by atoms with van der Waals surface area (Å²) in [6.07, 6.45) is 0. The number of benzene rings is 1. The molecule has 2 rings (SSSR count). The largest absolute Gasteiger partial charge is 0.333 e. The Morgan fingerprint density at radius 1 is 1.08 bits per heavy atom. The van der Waals surface area contributed by atoms with Crippen LogP contribution in [0.1, 0.15) is 37.7 Å². The topological polar surface area (TPSA) is 59.0 Å². The van der Waals surface area contributed by atoms with E-state index in [2.05, 4.69) is 15.2 Å². The molecule has 0 aliphatic carbocycles. The molecule has 0 aliphatic heterocycles. The Hall–Kier alpha value is -1.95. The smallest absolute Gasteiger partial charge is 0.233 e. The Kier molecular flexibility index (Phi) is 5.94. The van der Waals surface area contributed by atoms with Crippen LogP contribution in [0.5, 0.6) is 0 Å². The highest BCUT2D eigenvalue weighted by Gasteiger charge is 2.26. The van der Waals surface area contributed by atoms with Crippen LogP contribution in [-0.4, -0.2) is 37.3 Å². The van der Waals surface area contributed by atoms with E-state index in [1.54, 1.807) is 0 Å². The zero-order valence-electron chi connectivity index (χ0n) is 14.9. The number of aromatic nitrogens is 3. The maximum Gasteiger partial charge on any atom is 0.233 e. The van der Waals surface area contributed by atoms with Gasteiger partial charge in [0.05, 0.1) is 17.1 Å². The van der Waals surface area contributed by atoms with Crippen LogP contribution in [0.2, 0.25) is 0 Å². The predicted molar refractivity (Wildman–Crippen MR) is 96.8 cm³/mol. The van der Waals surface area contributed by atoms with Gasteiger partial charge in [0.1, 0.15) is 0 Å². The first-order valence-corrected chi connectivity index (χ1v) is 8.91. The summed E-state index contributed by atoms with van der Waals surface area (Å²) in [7, 11) is 0. The Morgan fingerprint density at radius 3 is 2.33 bits per heavy atom. The van der Waals surface area contributed by atoms with Crippen LogP contribution in [-0.2, 0) is 11.3 Å². The van der Waals surface area contributed by atoms with Crippen molar-refractivity contribution in [2.75, 3.05) is 5.75 Å². The van der Waals surface area contributed by atoms with Crippen LogP contribution >= 0.6 is 11.8 Å². The van der Waals surface area contributed by atoms with Crippen molar-refractivity contribution in [3.8, 4) is 0 Å². The molecule has 128 valence electrons. The molecule has 1 amide bonds. The highest BCUT2D eigenvalue weighted by Crippen LogP contribution is 2.21. The Morgan fingerprint density at radius 2 is 1.75 bits per heavy atom. The lowest BCUT2D eigenvalue weighted by Crippen LogP contribution is -2.45.